The lowest BCUT2D eigenvalue weighted by Gasteiger charge is -2.59. The third-order valence-corrected chi connectivity index (χ3v) is 13.7. The smallest absolute Gasteiger partial charge is 0.417 e. The number of benzene rings is 4. The Morgan fingerprint density at radius 1 is 0.861 bits per heavy atom. The zero-order chi connectivity index (χ0) is 50.5. The van der Waals surface area contributed by atoms with Gasteiger partial charge in [0.15, 0.2) is 11.5 Å². The maximum atomic E-state index is 14.9. The molecule has 1 saturated carbocycles. The first-order valence-corrected chi connectivity index (χ1v) is 24.6. The average Bonchev–Trinajstić information content (AvgIpc) is 3.87. The molecule has 16 nitrogen and oxygen atoms in total. The molecule has 2 aliphatic carbocycles. The van der Waals surface area contributed by atoms with Gasteiger partial charge in [0.25, 0.3) is 0 Å². The molecule has 6 unspecified atom stereocenters. The molecule has 0 aromatic heterocycles. The first kappa shape index (κ1) is 51.3. The van der Waals surface area contributed by atoms with Gasteiger partial charge in [0.1, 0.15) is 35.6 Å². The van der Waals surface area contributed by atoms with Crippen LogP contribution in [0.1, 0.15) is 74.0 Å². The number of fused-ring (bicyclic) bond motifs is 3. The van der Waals surface area contributed by atoms with E-state index in [2.05, 4.69) is 24.6 Å². The highest BCUT2D eigenvalue weighted by Crippen LogP contribution is 2.62. The summed E-state index contributed by atoms with van der Waals surface area (Å²) >= 11 is 0. The zero-order valence-electron chi connectivity index (χ0n) is 41.0. The highest BCUT2D eigenvalue weighted by molar-refractivity contribution is 6.03. The molecule has 0 spiro atoms. The quantitative estimate of drug-likeness (QED) is 0.0343. The van der Waals surface area contributed by atoms with E-state index in [9.17, 15) is 19.8 Å². The van der Waals surface area contributed by atoms with Crippen LogP contribution in [0.25, 0.3) is 0 Å². The Balaban J connectivity index is 1.30. The van der Waals surface area contributed by atoms with E-state index in [1.165, 1.54) is 7.11 Å². The van der Waals surface area contributed by atoms with E-state index in [0.29, 0.717) is 72.3 Å². The van der Waals surface area contributed by atoms with Gasteiger partial charge in [-0.3, -0.25) is 10.2 Å². The summed E-state index contributed by atoms with van der Waals surface area (Å²) in [6, 6.07) is 24.7. The number of carbonyl (C=O) groups is 2. The summed E-state index contributed by atoms with van der Waals surface area (Å²) in [6.07, 6.45) is 8.90. The van der Waals surface area contributed by atoms with Crippen LogP contribution in [0.15, 0.2) is 127 Å². The number of nitrogens with zero attached hydrogens (tertiary/aromatic N) is 2. The van der Waals surface area contributed by atoms with E-state index in [4.69, 9.17) is 47.9 Å². The van der Waals surface area contributed by atoms with Crippen molar-refractivity contribution >= 4 is 23.6 Å². The molecular formula is C56H65N3O13. The molecule has 382 valence electrons. The van der Waals surface area contributed by atoms with Gasteiger partial charge >= 0.3 is 12.2 Å². The monoisotopic (exact) mass is 987 g/mol. The van der Waals surface area contributed by atoms with E-state index >= 15 is 0 Å². The van der Waals surface area contributed by atoms with E-state index in [1.54, 1.807) is 54.5 Å². The summed E-state index contributed by atoms with van der Waals surface area (Å²) in [6.45, 7) is 8.42. The first-order chi connectivity index (χ1) is 35.2. The molecule has 6 atom stereocenters. The van der Waals surface area contributed by atoms with Gasteiger partial charge in [-0.2, -0.15) is 0 Å². The van der Waals surface area contributed by atoms with Gasteiger partial charge in [0.05, 0.1) is 44.8 Å². The summed E-state index contributed by atoms with van der Waals surface area (Å²) in [7, 11) is 3.04. The maximum Gasteiger partial charge on any atom is 0.417 e. The van der Waals surface area contributed by atoms with Crippen LogP contribution in [0, 0.1) is 17.8 Å². The number of amides is 2. The van der Waals surface area contributed by atoms with Gasteiger partial charge in [-0.15, -0.1) is 13.2 Å². The lowest BCUT2D eigenvalue weighted by atomic mass is 9.55. The summed E-state index contributed by atoms with van der Waals surface area (Å²) in [5.41, 5.74) is 4.25. The van der Waals surface area contributed by atoms with Crippen LogP contribution < -0.4 is 33.7 Å². The average molecular weight is 988 g/mol. The third-order valence-electron chi connectivity index (χ3n) is 13.7. The molecule has 0 saturated heterocycles. The van der Waals surface area contributed by atoms with Crippen molar-refractivity contribution in [2.24, 2.45) is 22.9 Å². The molecular weight excluding hydrogens is 923 g/mol. The number of allylic oxidation sites excluding steroid dienone is 1. The van der Waals surface area contributed by atoms with Crippen molar-refractivity contribution in [3.63, 3.8) is 0 Å². The molecule has 2 heterocycles. The van der Waals surface area contributed by atoms with Crippen LogP contribution in [-0.2, 0) is 27.5 Å². The summed E-state index contributed by atoms with van der Waals surface area (Å²) in [5, 5.41) is 27.9. The molecule has 0 bridgehead atoms. The highest BCUT2D eigenvalue weighted by atomic mass is 16.7. The number of hydrogen-bond acceptors (Lipinski definition) is 14. The minimum Gasteiger partial charge on any atom is -0.497 e. The number of aliphatic hydroxyl groups excluding tert-OH is 2. The number of ether oxygens (including phenoxy) is 8. The molecule has 0 radical (unpaired) electrons. The molecule has 4 aliphatic rings. The molecule has 2 aliphatic heterocycles. The Morgan fingerprint density at radius 2 is 1.64 bits per heavy atom. The van der Waals surface area contributed by atoms with Gasteiger partial charge in [-0.1, -0.05) is 72.6 Å². The maximum absolute atomic E-state index is 14.9. The predicted octanol–water partition coefficient (Wildman–Crippen LogP) is 10.1. The Labute approximate surface area is 420 Å². The van der Waals surface area contributed by atoms with Crippen molar-refractivity contribution in [3.8, 4) is 34.5 Å². The molecule has 16 heteroatoms. The second-order valence-corrected chi connectivity index (χ2v) is 18.1. The van der Waals surface area contributed by atoms with Crippen LogP contribution in [0.3, 0.4) is 0 Å². The lowest BCUT2D eigenvalue weighted by molar-refractivity contribution is -0.256. The number of rotatable bonds is 24. The van der Waals surface area contributed by atoms with Crippen molar-refractivity contribution < 1.29 is 62.5 Å². The fourth-order valence-electron chi connectivity index (χ4n) is 10.5. The Bertz CT molecular complexity index is 2590. The predicted molar refractivity (Wildman–Crippen MR) is 270 cm³/mol. The molecule has 2 amide bonds. The van der Waals surface area contributed by atoms with Crippen LogP contribution in [0.2, 0.25) is 0 Å². The van der Waals surface area contributed by atoms with Gasteiger partial charge in [-0.25, -0.2) is 9.59 Å². The van der Waals surface area contributed by atoms with Crippen molar-refractivity contribution in [1.82, 2.24) is 4.90 Å². The summed E-state index contributed by atoms with van der Waals surface area (Å²) in [5.74, 6) is 0.0221. The number of anilines is 1. The summed E-state index contributed by atoms with van der Waals surface area (Å²) in [4.78, 5) is 36.6. The minimum atomic E-state index is -1.60. The van der Waals surface area contributed by atoms with Gasteiger partial charge in [-0.05, 0) is 103 Å². The number of hydrogen-bond donors (Lipinski definition) is 3. The van der Waals surface area contributed by atoms with Crippen molar-refractivity contribution in [3.05, 3.63) is 139 Å². The lowest BCUT2D eigenvalue weighted by Crippen LogP contribution is -2.70. The second-order valence-electron chi connectivity index (χ2n) is 18.1. The molecule has 4 aromatic rings. The van der Waals surface area contributed by atoms with Crippen LogP contribution in [0.4, 0.5) is 15.3 Å². The normalized spacial score (nSPS) is 21.8. The molecule has 72 heavy (non-hydrogen) atoms. The zero-order valence-corrected chi connectivity index (χ0v) is 41.0. The van der Waals surface area contributed by atoms with Gasteiger partial charge < -0.3 is 52.9 Å². The molecule has 8 rings (SSSR count). The van der Waals surface area contributed by atoms with Crippen LogP contribution in [-0.4, -0.2) is 92.3 Å². The van der Waals surface area contributed by atoms with Crippen molar-refractivity contribution in [2.75, 3.05) is 52.8 Å². The molecule has 3 N–H and O–H groups in total. The number of aliphatic hydroxyl groups is 2. The topological polar surface area (TPSA) is 185 Å². The van der Waals surface area contributed by atoms with E-state index in [-0.39, 0.29) is 70.4 Å². The van der Waals surface area contributed by atoms with Crippen LogP contribution >= 0.6 is 0 Å². The number of methoxy groups -OCH3 is 2. The van der Waals surface area contributed by atoms with Gasteiger partial charge in [0, 0.05) is 43.7 Å². The molecule has 4 aromatic carbocycles. The van der Waals surface area contributed by atoms with Crippen molar-refractivity contribution in [2.45, 2.75) is 82.3 Å². The Hall–Kier alpha value is -7.01. The minimum absolute atomic E-state index is 0.0235. The first-order valence-electron chi connectivity index (χ1n) is 24.6. The SMILES string of the molecule is C=CCCOC(=O)N(Cc1ccc2c(c1)OCO2)C1CC(=NOCc2ccccc2)C2=CC(CCCCO)C(CCCCO)C3c4cc(OC(=O)Nc5ccc(OC)cc5OC)ccc4OC1(OCC=C)C23. The highest BCUT2D eigenvalue weighted by Gasteiger charge is 2.66. The van der Waals surface area contributed by atoms with Crippen molar-refractivity contribution in [1.29, 1.82) is 0 Å². The van der Waals surface area contributed by atoms with Gasteiger partial charge in [0.2, 0.25) is 12.6 Å². The van der Waals surface area contributed by atoms with E-state index in [1.807, 2.05) is 54.6 Å². The fraction of sp³-hybridized carbons (Fsp3) is 0.411. The number of carbonyl (C=O) groups excluding carboxylic acids is 2. The number of nitrogens with one attached hydrogen (secondary N) is 1. The fourth-order valence-corrected chi connectivity index (χ4v) is 10.5. The summed E-state index contributed by atoms with van der Waals surface area (Å²) < 4.78 is 48.9. The van der Waals surface area contributed by atoms with Crippen LogP contribution in [0.5, 0.6) is 34.5 Å². The van der Waals surface area contributed by atoms with E-state index in [0.717, 1.165) is 35.1 Å². The number of unbranched alkanes of at least 4 members (excludes halogenated alkanes) is 2. The van der Waals surface area contributed by atoms with E-state index < -0.39 is 35.9 Å². The third kappa shape index (κ3) is 11.5. The standard InChI is InChI=1S/C56H65N3O13/c1-5-7-28-66-55(63)59(34-38-19-23-48-50(29-38)68-36-67-48)51-33-46(58-70-35-37-15-9-8-10-16-37)43-30-39(17-11-13-25-60)42(18-12-14-26-61)52-44-31-41(21-24-47(44)72-56(51,53(43)52)69-27-6-2)71-54(62)57-45-22-20-40(64-3)32-49(45)65-4/h5-6,8-10,15-16,19-24,29-32,39,42,51-53,60-61H,1-2,7,11-14,17-18,25-28,33-36H2,3-4H3,(H,57,62). The number of oxime groups is 1. The Kier molecular flexibility index (Phi) is 17.4. The molecule has 1 fully saturated rings. The largest absolute Gasteiger partial charge is 0.497 e. The Morgan fingerprint density at radius 3 is 2.40 bits per heavy atom. The second kappa shape index (κ2) is 24.4.